The summed E-state index contributed by atoms with van der Waals surface area (Å²) < 4.78 is 1.35. The Morgan fingerprint density at radius 1 is 1.09 bits per heavy atom. The van der Waals surface area contributed by atoms with E-state index in [1.165, 1.54) is 41.5 Å². The molecule has 0 N–H and O–H groups in total. The number of hydrogen-bond donors (Lipinski definition) is 0. The maximum absolute atomic E-state index is 3.96. The van der Waals surface area contributed by atoms with Gasteiger partial charge in [0, 0.05) is 28.8 Å². The summed E-state index contributed by atoms with van der Waals surface area (Å²) in [4.78, 5) is 2.63. The first-order valence-electron chi connectivity index (χ1n) is 8.43. The van der Waals surface area contributed by atoms with Crippen LogP contribution in [-0.2, 0) is 0 Å². The molecule has 0 spiro atoms. The fourth-order valence-corrected chi connectivity index (χ4v) is 5.28. The Morgan fingerprint density at radius 2 is 1.91 bits per heavy atom. The second-order valence-electron chi connectivity index (χ2n) is 6.99. The number of benzene rings is 1. The second kappa shape index (κ2) is 4.94. The summed E-state index contributed by atoms with van der Waals surface area (Å²) in [5, 5.41) is 0. The Labute approximate surface area is 140 Å². The molecule has 0 bridgehead atoms. The van der Waals surface area contributed by atoms with Crippen LogP contribution in [0.1, 0.15) is 29.9 Å². The number of fused-ring (bicyclic) bond motifs is 5. The maximum Gasteiger partial charge on any atom is 0.0261 e. The minimum atomic E-state index is 0.551. The van der Waals surface area contributed by atoms with Crippen LogP contribution in [0.5, 0.6) is 0 Å². The predicted octanol–water partition coefficient (Wildman–Crippen LogP) is 4.73. The van der Waals surface area contributed by atoms with E-state index in [1.54, 1.807) is 11.1 Å². The van der Waals surface area contributed by atoms with Crippen LogP contribution in [0.3, 0.4) is 0 Å². The van der Waals surface area contributed by atoms with Gasteiger partial charge < -0.3 is 0 Å². The van der Waals surface area contributed by atoms with Gasteiger partial charge in [-0.15, -0.1) is 0 Å². The summed E-state index contributed by atoms with van der Waals surface area (Å²) in [6.45, 7) is 3.65. The fraction of sp³-hybridized carbons (Fsp3) is 0.400. The van der Waals surface area contributed by atoms with Crippen molar-refractivity contribution in [2.45, 2.75) is 18.8 Å². The first-order valence-corrected chi connectivity index (χ1v) is 9.22. The third-order valence-corrected chi connectivity index (χ3v) is 6.64. The molecular weight excluding hydrogens is 334 g/mol. The van der Waals surface area contributed by atoms with Gasteiger partial charge in [0.2, 0.25) is 0 Å². The van der Waals surface area contributed by atoms with Gasteiger partial charge in [0.05, 0.1) is 0 Å². The predicted molar refractivity (Wildman–Crippen MR) is 94.9 cm³/mol. The van der Waals surface area contributed by atoms with E-state index in [0.29, 0.717) is 17.8 Å². The van der Waals surface area contributed by atoms with E-state index in [1.807, 2.05) is 0 Å². The van der Waals surface area contributed by atoms with Crippen LogP contribution in [0.25, 0.3) is 4.48 Å². The van der Waals surface area contributed by atoms with Gasteiger partial charge in [0.25, 0.3) is 0 Å². The Bertz CT molecular complexity index is 721. The molecular formula is C20H20BrN. The van der Waals surface area contributed by atoms with Crippen LogP contribution in [0.2, 0.25) is 0 Å². The van der Waals surface area contributed by atoms with Crippen molar-refractivity contribution in [3.63, 3.8) is 0 Å². The zero-order valence-corrected chi connectivity index (χ0v) is 14.2. The SMILES string of the molecule is BrC1=C(CN2CCCC2)C2C=C[C@H]3C=C3C2c2ccccc21. The van der Waals surface area contributed by atoms with E-state index in [0.717, 1.165) is 6.54 Å². The van der Waals surface area contributed by atoms with Crippen LogP contribution in [0, 0.1) is 11.8 Å². The number of allylic oxidation sites excluding steroid dienone is 4. The molecule has 1 heterocycles. The lowest BCUT2D eigenvalue weighted by molar-refractivity contribution is 0.354. The van der Waals surface area contributed by atoms with Crippen molar-refractivity contribution in [2.24, 2.45) is 11.8 Å². The fourth-order valence-electron chi connectivity index (χ4n) is 4.53. The number of likely N-dealkylation sites (tertiary alicyclic amines) is 1. The average molecular weight is 354 g/mol. The van der Waals surface area contributed by atoms with Crippen LogP contribution in [-0.4, -0.2) is 24.5 Å². The molecule has 0 radical (unpaired) electrons. The van der Waals surface area contributed by atoms with Gasteiger partial charge >= 0.3 is 0 Å². The molecule has 1 saturated heterocycles. The van der Waals surface area contributed by atoms with Gasteiger partial charge in [0.15, 0.2) is 0 Å². The van der Waals surface area contributed by atoms with Gasteiger partial charge in [0.1, 0.15) is 0 Å². The number of hydrogen-bond acceptors (Lipinski definition) is 1. The molecule has 1 aromatic carbocycles. The lowest BCUT2D eigenvalue weighted by Gasteiger charge is -2.37. The van der Waals surface area contributed by atoms with Crippen LogP contribution in [0.4, 0.5) is 0 Å². The summed E-state index contributed by atoms with van der Waals surface area (Å²) in [6.07, 6.45) is 10.1. The zero-order chi connectivity index (χ0) is 14.7. The molecule has 1 aromatic rings. The molecule has 1 fully saturated rings. The highest BCUT2D eigenvalue weighted by Gasteiger charge is 2.44. The van der Waals surface area contributed by atoms with Crippen molar-refractivity contribution in [1.29, 1.82) is 0 Å². The van der Waals surface area contributed by atoms with Crippen molar-refractivity contribution < 1.29 is 0 Å². The zero-order valence-electron chi connectivity index (χ0n) is 12.6. The topological polar surface area (TPSA) is 3.24 Å². The molecule has 22 heavy (non-hydrogen) atoms. The number of nitrogens with zero attached hydrogens (tertiary/aromatic N) is 1. The van der Waals surface area contributed by atoms with E-state index in [-0.39, 0.29) is 0 Å². The lowest BCUT2D eigenvalue weighted by atomic mass is 9.70. The number of halogens is 1. The Hall–Kier alpha value is -1.12. The highest BCUT2D eigenvalue weighted by atomic mass is 79.9. The van der Waals surface area contributed by atoms with E-state index in [2.05, 4.69) is 63.3 Å². The smallest absolute Gasteiger partial charge is 0.0261 e. The largest absolute Gasteiger partial charge is 0.299 e. The molecule has 0 aromatic heterocycles. The van der Waals surface area contributed by atoms with Crippen molar-refractivity contribution in [1.82, 2.24) is 4.90 Å². The molecule has 0 saturated carbocycles. The molecule has 2 heteroatoms. The minimum Gasteiger partial charge on any atom is -0.299 e. The first kappa shape index (κ1) is 13.3. The molecule has 1 nitrogen and oxygen atoms in total. The quantitative estimate of drug-likeness (QED) is 0.694. The molecule has 1 aliphatic heterocycles. The third kappa shape index (κ3) is 1.93. The molecule has 5 rings (SSSR count). The van der Waals surface area contributed by atoms with Crippen LogP contribution >= 0.6 is 15.9 Å². The van der Waals surface area contributed by atoms with E-state index in [9.17, 15) is 0 Å². The van der Waals surface area contributed by atoms with Gasteiger partial charge in [-0.05, 0) is 42.6 Å². The third-order valence-electron chi connectivity index (χ3n) is 5.70. The van der Waals surface area contributed by atoms with Crippen molar-refractivity contribution in [3.8, 4) is 0 Å². The van der Waals surface area contributed by atoms with Crippen LogP contribution < -0.4 is 0 Å². The lowest BCUT2D eigenvalue weighted by Crippen LogP contribution is -2.30. The average Bonchev–Trinajstić information content (AvgIpc) is 3.17. The summed E-state index contributed by atoms with van der Waals surface area (Å²) in [5.74, 6) is 1.79. The standard InChI is InChI=1S/C20H20BrN/c21-20-16-6-2-1-5-14(16)19-15(8-7-13-11-17(13)19)18(20)12-22-9-3-4-10-22/h1-2,5-8,11,13,15,19H,3-4,9-10,12H2/t13-,15?,19?/m0/s1. The molecule has 3 aliphatic carbocycles. The molecule has 112 valence electrons. The van der Waals surface area contributed by atoms with Crippen molar-refractivity contribution >= 4 is 20.4 Å². The monoisotopic (exact) mass is 353 g/mol. The van der Waals surface area contributed by atoms with Gasteiger partial charge in [-0.1, -0.05) is 64.0 Å². The first-order chi connectivity index (χ1) is 10.8. The summed E-state index contributed by atoms with van der Waals surface area (Å²) in [6, 6.07) is 8.98. The molecule has 3 atom stereocenters. The van der Waals surface area contributed by atoms with Crippen molar-refractivity contribution in [3.05, 3.63) is 64.8 Å². The highest BCUT2D eigenvalue weighted by Crippen LogP contribution is 2.57. The molecule has 2 unspecified atom stereocenters. The maximum atomic E-state index is 3.96. The summed E-state index contributed by atoms with van der Waals surface area (Å²) in [7, 11) is 0. The molecule has 4 aliphatic rings. The normalized spacial score (nSPS) is 32.4. The summed E-state index contributed by atoms with van der Waals surface area (Å²) in [5.41, 5.74) is 6.18. The Morgan fingerprint density at radius 3 is 2.77 bits per heavy atom. The van der Waals surface area contributed by atoms with Gasteiger partial charge in [-0.25, -0.2) is 0 Å². The Kier molecular flexibility index (Phi) is 2.99. The van der Waals surface area contributed by atoms with E-state index >= 15 is 0 Å². The van der Waals surface area contributed by atoms with Gasteiger partial charge in [-0.3, -0.25) is 4.90 Å². The highest BCUT2D eigenvalue weighted by molar-refractivity contribution is 9.15. The molecule has 0 amide bonds. The minimum absolute atomic E-state index is 0.551. The number of rotatable bonds is 2. The van der Waals surface area contributed by atoms with E-state index in [4.69, 9.17) is 0 Å². The van der Waals surface area contributed by atoms with Crippen molar-refractivity contribution in [2.75, 3.05) is 19.6 Å². The van der Waals surface area contributed by atoms with E-state index < -0.39 is 0 Å². The summed E-state index contributed by atoms with van der Waals surface area (Å²) >= 11 is 3.96. The second-order valence-corrected chi connectivity index (χ2v) is 7.78. The van der Waals surface area contributed by atoms with Gasteiger partial charge in [-0.2, -0.15) is 0 Å². The van der Waals surface area contributed by atoms with Crippen LogP contribution in [0.15, 0.2) is 53.6 Å². The Balaban J connectivity index is 1.62.